The fourth-order valence-corrected chi connectivity index (χ4v) is 4.91. The lowest BCUT2D eigenvalue weighted by Gasteiger charge is -2.09. The molecule has 4 rings (SSSR count). The van der Waals surface area contributed by atoms with E-state index >= 15 is 0 Å². The van der Waals surface area contributed by atoms with Crippen LogP contribution >= 0.6 is 39.0 Å². The zero-order chi connectivity index (χ0) is 20.1. The van der Waals surface area contributed by atoms with E-state index in [2.05, 4.69) is 49.2 Å². The minimum Gasteiger partial charge on any atom is -0.314 e. The van der Waals surface area contributed by atoms with Crippen molar-refractivity contribution in [1.29, 1.82) is 0 Å². The number of aromatic nitrogens is 2. The van der Waals surface area contributed by atoms with Gasteiger partial charge in [-0.2, -0.15) is 5.10 Å². The van der Waals surface area contributed by atoms with Gasteiger partial charge in [-0.15, -0.1) is 11.3 Å². The molecule has 0 unspecified atom stereocenters. The molecule has 2 aromatic heterocycles. The molecular formula is C21H17BrN4OS2. The Kier molecular flexibility index (Phi) is 6.43. The molecule has 2 aromatic carbocycles. The third-order valence-electron chi connectivity index (χ3n) is 4.11. The number of carbonyl (C=O) groups is 1. The molecule has 0 saturated carbocycles. The average molecular weight is 485 g/mol. The quantitative estimate of drug-likeness (QED) is 0.224. The Bertz CT molecular complexity index is 1150. The summed E-state index contributed by atoms with van der Waals surface area (Å²) in [4.78, 5) is 17.9. The minimum atomic E-state index is -0.166. The number of hydrogen-bond donors (Lipinski definition) is 1. The first-order chi connectivity index (χ1) is 14.2. The monoisotopic (exact) mass is 484 g/mol. The maximum absolute atomic E-state index is 12.2. The lowest BCUT2D eigenvalue weighted by atomic mass is 10.2. The number of thiophene rings is 1. The number of fused-ring (bicyclic) bond motifs is 1. The van der Waals surface area contributed by atoms with Gasteiger partial charge in [-0.1, -0.05) is 54.2 Å². The predicted molar refractivity (Wildman–Crippen MR) is 124 cm³/mol. The van der Waals surface area contributed by atoms with E-state index in [1.165, 1.54) is 17.3 Å². The molecule has 0 saturated heterocycles. The number of hydrazone groups is 1. The Morgan fingerprint density at radius 2 is 1.93 bits per heavy atom. The first-order valence-corrected chi connectivity index (χ1v) is 11.5. The highest BCUT2D eigenvalue weighted by Crippen LogP contribution is 2.25. The second kappa shape index (κ2) is 9.39. The van der Waals surface area contributed by atoms with E-state index < -0.39 is 0 Å². The number of nitrogens with zero attached hydrogens (tertiary/aromatic N) is 3. The third kappa shape index (κ3) is 5.14. The summed E-state index contributed by atoms with van der Waals surface area (Å²) in [5.41, 5.74) is 5.75. The van der Waals surface area contributed by atoms with E-state index in [1.807, 2.05) is 48.5 Å². The van der Waals surface area contributed by atoms with Gasteiger partial charge in [0.05, 0.1) is 33.3 Å². The molecule has 146 valence electrons. The van der Waals surface area contributed by atoms with E-state index in [0.717, 1.165) is 24.9 Å². The number of para-hydroxylation sites is 2. The van der Waals surface area contributed by atoms with Crippen molar-refractivity contribution in [2.45, 2.75) is 11.7 Å². The van der Waals surface area contributed by atoms with Crippen LogP contribution in [0.15, 0.2) is 80.8 Å². The fourth-order valence-electron chi connectivity index (χ4n) is 2.81. The van der Waals surface area contributed by atoms with Crippen LogP contribution in [0.4, 0.5) is 0 Å². The summed E-state index contributed by atoms with van der Waals surface area (Å²) in [5.74, 6) is 0.0732. The molecule has 4 aromatic rings. The maximum Gasteiger partial charge on any atom is 0.250 e. The van der Waals surface area contributed by atoms with Crippen LogP contribution in [0.3, 0.4) is 0 Å². The SMILES string of the molecule is O=C(CSc1nc2ccccc2n1Cc1ccccc1)N/N=C\c1ccc(Br)s1. The lowest BCUT2D eigenvalue weighted by Crippen LogP contribution is -2.20. The van der Waals surface area contributed by atoms with Crippen molar-refractivity contribution < 1.29 is 4.79 Å². The molecule has 8 heteroatoms. The molecule has 5 nitrogen and oxygen atoms in total. The summed E-state index contributed by atoms with van der Waals surface area (Å²) in [7, 11) is 0. The van der Waals surface area contributed by atoms with Crippen molar-refractivity contribution in [3.05, 3.63) is 81.0 Å². The Hall–Kier alpha value is -2.42. The zero-order valence-corrected chi connectivity index (χ0v) is 18.5. The fraction of sp³-hybridized carbons (Fsp3) is 0.0952. The normalized spacial score (nSPS) is 11.3. The van der Waals surface area contributed by atoms with Crippen molar-refractivity contribution >= 4 is 62.2 Å². The number of hydrogen-bond acceptors (Lipinski definition) is 5. The summed E-state index contributed by atoms with van der Waals surface area (Å²) >= 11 is 6.37. The number of imidazole rings is 1. The molecule has 1 N–H and O–H groups in total. The molecule has 0 fully saturated rings. The van der Waals surface area contributed by atoms with E-state index in [9.17, 15) is 4.79 Å². The van der Waals surface area contributed by atoms with Crippen molar-refractivity contribution in [1.82, 2.24) is 15.0 Å². The van der Waals surface area contributed by atoms with Gasteiger partial charge in [-0.3, -0.25) is 4.79 Å². The Morgan fingerprint density at radius 3 is 2.72 bits per heavy atom. The molecule has 0 spiro atoms. The van der Waals surface area contributed by atoms with Gasteiger partial charge in [0.1, 0.15) is 0 Å². The van der Waals surface area contributed by atoms with Gasteiger partial charge in [-0.05, 0) is 45.8 Å². The number of benzene rings is 2. The summed E-state index contributed by atoms with van der Waals surface area (Å²) < 4.78 is 3.17. The lowest BCUT2D eigenvalue weighted by molar-refractivity contribution is -0.118. The van der Waals surface area contributed by atoms with Gasteiger partial charge in [-0.25, -0.2) is 10.4 Å². The minimum absolute atomic E-state index is 0.166. The highest BCUT2D eigenvalue weighted by Gasteiger charge is 2.13. The third-order valence-corrected chi connectivity index (χ3v) is 6.65. The number of carbonyl (C=O) groups excluding carboxylic acids is 1. The first-order valence-electron chi connectivity index (χ1n) is 8.88. The topological polar surface area (TPSA) is 59.3 Å². The van der Waals surface area contributed by atoms with Gasteiger partial charge in [0, 0.05) is 4.88 Å². The molecule has 0 atom stereocenters. The summed E-state index contributed by atoms with van der Waals surface area (Å²) in [6.07, 6.45) is 1.64. The van der Waals surface area contributed by atoms with Crippen LogP contribution in [0.2, 0.25) is 0 Å². The van der Waals surface area contributed by atoms with Crippen LogP contribution in [0.25, 0.3) is 11.0 Å². The molecular weight excluding hydrogens is 468 g/mol. The highest BCUT2D eigenvalue weighted by atomic mass is 79.9. The van der Waals surface area contributed by atoms with Crippen LogP contribution in [-0.4, -0.2) is 27.4 Å². The van der Waals surface area contributed by atoms with Crippen LogP contribution in [0, 0.1) is 0 Å². The van der Waals surface area contributed by atoms with Gasteiger partial charge < -0.3 is 4.57 Å². The Balaban J connectivity index is 1.45. The molecule has 2 heterocycles. The van der Waals surface area contributed by atoms with Crippen LogP contribution in [0.5, 0.6) is 0 Å². The van der Waals surface area contributed by atoms with Crippen LogP contribution < -0.4 is 5.43 Å². The summed E-state index contributed by atoms with van der Waals surface area (Å²) in [6.45, 7) is 0.705. The second-order valence-corrected chi connectivity index (χ2v) is 9.62. The predicted octanol–water partition coefficient (Wildman–Crippen LogP) is 5.15. The zero-order valence-electron chi connectivity index (χ0n) is 15.3. The van der Waals surface area contributed by atoms with E-state index in [4.69, 9.17) is 4.98 Å². The molecule has 0 radical (unpaired) electrons. The van der Waals surface area contributed by atoms with Crippen molar-refractivity contribution in [2.75, 3.05) is 5.75 Å². The Labute approximate surface area is 185 Å². The molecule has 1 amide bonds. The average Bonchev–Trinajstić information content (AvgIpc) is 3.31. The van der Waals surface area contributed by atoms with Gasteiger partial charge in [0.15, 0.2) is 5.16 Å². The van der Waals surface area contributed by atoms with E-state index in [1.54, 1.807) is 17.6 Å². The smallest absolute Gasteiger partial charge is 0.250 e. The van der Waals surface area contributed by atoms with E-state index in [-0.39, 0.29) is 11.7 Å². The first kappa shape index (κ1) is 19.9. The van der Waals surface area contributed by atoms with Gasteiger partial charge >= 0.3 is 0 Å². The molecule has 29 heavy (non-hydrogen) atoms. The van der Waals surface area contributed by atoms with Crippen molar-refractivity contribution in [3.8, 4) is 0 Å². The van der Waals surface area contributed by atoms with Gasteiger partial charge in [0.25, 0.3) is 5.91 Å². The molecule has 0 bridgehead atoms. The second-order valence-electron chi connectivity index (χ2n) is 6.18. The number of rotatable bonds is 7. The standard InChI is InChI=1S/C21H17BrN4OS2/c22-19-11-10-16(29-19)12-23-25-20(27)14-28-21-24-17-8-4-5-9-18(17)26(21)13-15-6-2-1-3-7-15/h1-12H,13-14H2,(H,25,27)/b23-12-. The summed E-state index contributed by atoms with van der Waals surface area (Å²) in [5, 5.41) is 4.84. The van der Waals surface area contributed by atoms with Crippen LogP contribution in [-0.2, 0) is 11.3 Å². The summed E-state index contributed by atoms with van der Waals surface area (Å²) in [6, 6.07) is 22.1. The van der Waals surface area contributed by atoms with Gasteiger partial charge in [0.2, 0.25) is 0 Å². The maximum atomic E-state index is 12.2. The number of amides is 1. The highest BCUT2D eigenvalue weighted by molar-refractivity contribution is 9.11. The van der Waals surface area contributed by atoms with E-state index in [0.29, 0.717) is 6.54 Å². The molecule has 0 aliphatic heterocycles. The number of halogens is 1. The van der Waals surface area contributed by atoms with Crippen molar-refractivity contribution in [3.63, 3.8) is 0 Å². The number of nitrogens with one attached hydrogen (secondary N) is 1. The van der Waals surface area contributed by atoms with Crippen LogP contribution in [0.1, 0.15) is 10.4 Å². The Morgan fingerprint density at radius 1 is 1.14 bits per heavy atom. The molecule has 0 aliphatic carbocycles. The van der Waals surface area contributed by atoms with Crippen molar-refractivity contribution in [2.24, 2.45) is 5.10 Å². The number of thioether (sulfide) groups is 1. The largest absolute Gasteiger partial charge is 0.314 e. The molecule has 0 aliphatic rings.